The van der Waals surface area contributed by atoms with Gasteiger partial charge in [0, 0.05) is 0 Å². The molecule has 2 aromatic carbocycles. The van der Waals surface area contributed by atoms with Crippen molar-refractivity contribution < 1.29 is 19.4 Å². The van der Waals surface area contributed by atoms with Crippen LogP contribution in [0.2, 0.25) is 0 Å². The maximum atomic E-state index is 12.1. The summed E-state index contributed by atoms with van der Waals surface area (Å²) in [4.78, 5) is 23.9. The number of nitrogens with one attached hydrogen (secondary N) is 1. The van der Waals surface area contributed by atoms with Crippen LogP contribution in [0.5, 0.6) is 0 Å². The Balaban J connectivity index is 1.74. The summed E-state index contributed by atoms with van der Waals surface area (Å²) in [6.45, 7) is 0.101. The fraction of sp³-hybridized carbons (Fsp3) is 0.222. The molecular weight excluding hydrogens is 294 g/mol. The minimum Gasteiger partial charge on any atom is -0.479 e. The van der Waals surface area contributed by atoms with Crippen molar-refractivity contribution in [1.29, 1.82) is 0 Å². The van der Waals surface area contributed by atoms with Gasteiger partial charge in [0.05, 0.1) is 0 Å². The summed E-state index contributed by atoms with van der Waals surface area (Å²) < 4.78 is 5.17. The highest BCUT2D eigenvalue weighted by Crippen LogP contribution is 2.37. The van der Waals surface area contributed by atoms with Gasteiger partial charge in [-0.15, -0.1) is 0 Å². The predicted molar refractivity (Wildman–Crippen MR) is 83.8 cm³/mol. The molecule has 0 bridgehead atoms. The van der Waals surface area contributed by atoms with E-state index < -0.39 is 17.6 Å². The van der Waals surface area contributed by atoms with E-state index in [2.05, 4.69) is 5.32 Å². The number of amides is 1. The highest BCUT2D eigenvalue weighted by molar-refractivity contribution is 5.87. The van der Waals surface area contributed by atoms with Crippen LogP contribution >= 0.6 is 0 Å². The number of hydrogen-bond donors (Lipinski definition) is 2. The molecule has 0 heterocycles. The van der Waals surface area contributed by atoms with Crippen LogP contribution in [0.15, 0.2) is 54.6 Å². The molecule has 2 aromatic rings. The zero-order chi connectivity index (χ0) is 16.3. The zero-order valence-electron chi connectivity index (χ0n) is 12.5. The molecule has 0 aromatic heterocycles. The van der Waals surface area contributed by atoms with Crippen molar-refractivity contribution in [2.75, 3.05) is 0 Å². The molecule has 1 unspecified atom stereocenters. The quantitative estimate of drug-likeness (QED) is 0.910. The third-order valence-electron chi connectivity index (χ3n) is 4.14. The minimum absolute atomic E-state index is 0.101. The van der Waals surface area contributed by atoms with E-state index in [9.17, 15) is 14.7 Å². The molecule has 0 radical (unpaired) electrons. The predicted octanol–water partition coefficient (Wildman–Crippen LogP) is 2.84. The number of ether oxygens (including phenoxy) is 1. The Bertz CT molecular complexity index is 729. The summed E-state index contributed by atoms with van der Waals surface area (Å²) >= 11 is 0. The molecule has 0 spiro atoms. The second-order valence-electron chi connectivity index (χ2n) is 5.55. The third kappa shape index (κ3) is 2.90. The van der Waals surface area contributed by atoms with Crippen molar-refractivity contribution in [3.8, 4) is 0 Å². The van der Waals surface area contributed by atoms with E-state index in [1.54, 1.807) is 12.1 Å². The number of rotatable bonds is 4. The molecule has 5 nitrogen and oxygen atoms in total. The zero-order valence-corrected chi connectivity index (χ0v) is 12.5. The van der Waals surface area contributed by atoms with E-state index in [1.807, 2.05) is 42.5 Å². The molecule has 1 aliphatic carbocycles. The van der Waals surface area contributed by atoms with Gasteiger partial charge < -0.3 is 15.2 Å². The number of carboxylic acid groups (broad SMARTS) is 1. The fourth-order valence-electron chi connectivity index (χ4n) is 2.95. The lowest BCUT2D eigenvalue weighted by Crippen LogP contribution is -2.50. The van der Waals surface area contributed by atoms with E-state index in [0.717, 1.165) is 11.1 Å². The summed E-state index contributed by atoms with van der Waals surface area (Å²) in [5.74, 6) is -1.07. The van der Waals surface area contributed by atoms with Gasteiger partial charge >= 0.3 is 12.1 Å². The maximum absolute atomic E-state index is 12.1. The summed E-state index contributed by atoms with van der Waals surface area (Å²) in [6.07, 6.45) is 0.205. The average Bonchev–Trinajstić information content (AvgIpc) is 2.94. The molecule has 2 N–H and O–H groups in total. The van der Waals surface area contributed by atoms with Crippen molar-refractivity contribution in [2.24, 2.45) is 0 Å². The number of aliphatic carboxylic acids is 1. The largest absolute Gasteiger partial charge is 0.479 e. The van der Waals surface area contributed by atoms with E-state index in [-0.39, 0.29) is 6.61 Å². The number of carboxylic acids is 1. The summed E-state index contributed by atoms with van der Waals surface area (Å²) in [7, 11) is 0. The van der Waals surface area contributed by atoms with Crippen LogP contribution in [0.25, 0.3) is 0 Å². The molecule has 1 amide bonds. The Morgan fingerprint density at radius 2 is 1.78 bits per heavy atom. The molecule has 1 atom stereocenters. The number of alkyl carbamates (subject to hydrolysis) is 1. The second kappa shape index (κ2) is 6.12. The monoisotopic (exact) mass is 311 g/mol. The molecule has 0 saturated heterocycles. The Labute approximate surface area is 133 Å². The smallest absolute Gasteiger partial charge is 0.408 e. The van der Waals surface area contributed by atoms with Gasteiger partial charge in [-0.3, -0.25) is 0 Å². The topological polar surface area (TPSA) is 75.6 Å². The first-order chi connectivity index (χ1) is 11.1. The number of carbonyl (C=O) groups excluding carboxylic acids is 1. The minimum atomic E-state index is -1.41. The van der Waals surface area contributed by atoms with Crippen molar-refractivity contribution in [2.45, 2.75) is 25.0 Å². The normalized spacial score (nSPS) is 19.0. The summed E-state index contributed by atoms with van der Waals surface area (Å²) in [5, 5.41) is 12.2. The molecule has 118 valence electrons. The number of benzene rings is 2. The highest BCUT2D eigenvalue weighted by Gasteiger charge is 2.47. The number of aryl methyl sites for hydroxylation is 1. The van der Waals surface area contributed by atoms with E-state index in [1.165, 1.54) is 0 Å². The van der Waals surface area contributed by atoms with Crippen LogP contribution in [-0.2, 0) is 28.1 Å². The Kier molecular flexibility index (Phi) is 4.02. The molecule has 0 fully saturated rings. The standard InChI is InChI=1S/C18H17NO4/c20-16(21)18(11-10-14-8-4-5-9-15(14)18)19-17(22)23-12-13-6-2-1-3-7-13/h1-9H,10-12H2,(H,19,22)(H,20,21). The fourth-order valence-corrected chi connectivity index (χ4v) is 2.95. The summed E-state index contributed by atoms with van der Waals surface area (Å²) in [6, 6.07) is 16.5. The van der Waals surface area contributed by atoms with Gasteiger partial charge in [-0.05, 0) is 29.5 Å². The van der Waals surface area contributed by atoms with E-state index in [4.69, 9.17) is 4.74 Å². The van der Waals surface area contributed by atoms with Crippen molar-refractivity contribution >= 4 is 12.1 Å². The van der Waals surface area contributed by atoms with E-state index in [0.29, 0.717) is 18.4 Å². The SMILES string of the molecule is O=C(NC1(C(=O)O)CCc2ccccc21)OCc1ccccc1. The van der Waals surface area contributed by atoms with Crippen LogP contribution in [0.1, 0.15) is 23.1 Å². The van der Waals surface area contributed by atoms with E-state index >= 15 is 0 Å². The third-order valence-corrected chi connectivity index (χ3v) is 4.14. The molecule has 0 saturated carbocycles. The average molecular weight is 311 g/mol. The molecule has 1 aliphatic rings. The lowest BCUT2D eigenvalue weighted by Gasteiger charge is -2.26. The lowest BCUT2D eigenvalue weighted by molar-refractivity contribution is -0.145. The Morgan fingerprint density at radius 1 is 1.09 bits per heavy atom. The van der Waals surface area contributed by atoms with Gasteiger partial charge in [0.25, 0.3) is 0 Å². The van der Waals surface area contributed by atoms with Gasteiger partial charge in [-0.1, -0.05) is 54.6 Å². The number of carbonyl (C=O) groups is 2. The lowest BCUT2D eigenvalue weighted by atomic mass is 9.92. The number of fused-ring (bicyclic) bond motifs is 1. The van der Waals surface area contributed by atoms with Gasteiger partial charge in [0.1, 0.15) is 6.61 Å². The van der Waals surface area contributed by atoms with Crippen molar-refractivity contribution in [3.63, 3.8) is 0 Å². The van der Waals surface area contributed by atoms with Crippen LogP contribution in [0.3, 0.4) is 0 Å². The van der Waals surface area contributed by atoms with Crippen LogP contribution < -0.4 is 5.32 Å². The van der Waals surface area contributed by atoms with Crippen molar-refractivity contribution in [1.82, 2.24) is 5.32 Å². The van der Waals surface area contributed by atoms with Crippen LogP contribution in [-0.4, -0.2) is 17.2 Å². The van der Waals surface area contributed by atoms with Gasteiger partial charge in [-0.2, -0.15) is 0 Å². The second-order valence-corrected chi connectivity index (χ2v) is 5.55. The van der Waals surface area contributed by atoms with Crippen LogP contribution in [0, 0.1) is 0 Å². The van der Waals surface area contributed by atoms with Gasteiger partial charge in [0.2, 0.25) is 0 Å². The Morgan fingerprint density at radius 3 is 2.52 bits per heavy atom. The first-order valence-electron chi connectivity index (χ1n) is 7.42. The maximum Gasteiger partial charge on any atom is 0.408 e. The summed E-state index contributed by atoms with van der Waals surface area (Å²) in [5.41, 5.74) is 1.01. The highest BCUT2D eigenvalue weighted by atomic mass is 16.5. The van der Waals surface area contributed by atoms with Gasteiger partial charge in [-0.25, -0.2) is 9.59 Å². The molecule has 5 heteroatoms. The molecule has 23 heavy (non-hydrogen) atoms. The van der Waals surface area contributed by atoms with Gasteiger partial charge in [0.15, 0.2) is 5.54 Å². The number of hydrogen-bond acceptors (Lipinski definition) is 3. The Hall–Kier alpha value is -2.82. The molecular formula is C18H17NO4. The molecule has 3 rings (SSSR count). The van der Waals surface area contributed by atoms with Crippen LogP contribution in [0.4, 0.5) is 4.79 Å². The first-order valence-corrected chi connectivity index (χ1v) is 7.42. The first kappa shape index (κ1) is 15.1. The van der Waals surface area contributed by atoms with Crippen molar-refractivity contribution in [3.05, 3.63) is 71.3 Å². The molecule has 0 aliphatic heterocycles.